The minimum Gasteiger partial charge on any atom is -0.477 e. The fraction of sp³-hybridized carbons (Fsp3) is 0.474. The largest absolute Gasteiger partial charge is 0.477 e. The van der Waals surface area contributed by atoms with Crippen LogP contribution in [0.5, 0.6) is 11.8 Å². The molecule has 2 aromatic heterocycles. The number of ether oxygens (including phenoxy) is 2. The second-order valence-electron chi connectivity index (χ2n) is 6.85. The minimum atomic E-state index is -0.128. The van der Waals surface area contributed by atoms with Gasteiger partial charge in [-0.2, -0.15) is 10.4 Å². The fourth-order valence-corrected chi connectivity index (χ4v) is 3.50. The van der Waals surface area contributed by atoms with Gasteiger partial charge in [-0.05, 0) is 31.7 Å². The van der Waals surface area contributed by atoms with Crippen LogP contribution in [0.2, 0.25) is 0 Å². The number of fused-ring (bicyclic) bond motifs is 1. The van der Waals surface area contributed by atoms with Crippen LogP contribution in [0.3, 0.4) is 0 Å². The van der Waals surface area contributed by atoms with Gasteiger partial charge in [0.1, 0.15) is 17.7 Å². The van der Waals surface area contributed by atoms with Crippen molar-refractivity contribution in [3.8, 4) is 17.8 Å². The lowest BCUT2D eigenvalue weighted by molar-refractivity contribution is 0.0884. The maximum absolute atomic E-state index is 12.6. The Morgan fingerprint density at radius 2 is 2.15 bits per heavy atom. The number of aromatic nitrogens is 3. The molecule has 0 spiro atoms. The first-order valence-electron chi connectivity index (χ1n) is 9.25. The standard InChI is InChI=1S/C19H21N5O3/c20-10-13-2-7-17(21-11-13)27-15-5-3-14(4-6-15)23-18(25)16-12-22-24-8-1-9-26-19(16)24/h2,7,11-12,14-15H,1,3-6,8-9H2,(H,23,25). The third kappa shape index (κ3) is 3.87. The number of nitrogens with one attached hydrogen (secondary N) is 1. The first-order valence-corrected chi connectivity index (χ1v) is 9.25. The Morgan fingerprint density at radius 1 is 1.30 bits per heavy atom. The molecule has 1 amide bonds. The molecular weight excluding hydrogens is 346 g/mol. The normalized spacial score (nSPS) is 21.4. The molecule has 8 heteroatoms. The molecule has 1 fully saturated rings. The molecule has 2 aromatic rings. The number of hydrogen-bond acceptors (Lipinski definition) is 6. The van der Waals surface area contributed by atoms with E-state index in [9.17, 15) is 4.79 Å². The summed E-state index contributed by atoms with van der Waals surface area (Å²) in [6, 6.07) is 5.57. The van der Waals surface area contributed by atoms with E-state index in [4.69, 9.17) is 14.7 Å². The highest BCUT2D eigenvalue weighted by Gasteiger charge is 2.27. The van der Waals surface area contributed by atoms with Crippen molar-refractivity contribution in [3.63, 3.8) is 0 Å². The summed E-state index contributed by atoms with van der Waals surface area (Å²) in [4.78, 5) is 16.7. The number of rotatable bonds is 4. The van der Waals surface area contributed by atoms with Crippen LogP contribution in [-0.4, -0.2) is 39.4 Å². The Bertz CT molecular complexity index is 847. The zero-order chi connectivity index (χ0) is 18.6. The number of carbonyl (C=O) groups is 1. The van der Waals surface area contributed by atoms with Crippen LogP contribution in [0.25, 0.3) is 0 Å². The average Bonchev–Trinajstić information content (AvgIpc) is 3.14. The number of pyridine rings is 1. The van der Waals surface area contributed by atoms with Crippen LogP contribution in [0.1, 0.15) is 48.0 Å². The van der Waals surface area contributed by atoms with Crippen molar-refractivity contribution in [2.24, 2.45) is 0 Å². The molecule has 0 atom stereocenters. The zero-order valence-corrected chi connectivity index (χ0v) is 14.9. The summed E-state index contributed by atoms with van der Waals surface area (Å²) >= 11 is 0. The molecule has 1 saturated carbocycles. The highest BCUT2D eigenvalue weighted by Crippen LogP contribution is 2.25. The Balaban J connectivity index is 1.28. The maximum Gasteiger partial charge on any atom is 0.258 e. The number of hydrogen-bond donors (Lipinski definition) is 1. The van der Waals surface area contributed by atoms with Gasteiger partial charge in [-0.25, -0.2) is 9.67 Å². The summed E-state index contributed by atoms with van der Waals surface area (Å²) < 4.78 is 13.2. The Labute approximate surface area is 157 Å². The second kappa shape index (κ2) is 7.66. The van der Waals surface area contributed by atoms with Crippen LogP contribution in [0, 0.1) is 11.3 Å². The highest BCUT2D eigenvalue weighted by molar-refractivity contribution is 5.96. The minimum absolute atomic E-state index is 0.0748. The van der Waals surface area contributed by atoms with E-state index in [1.165, 1.54) is 6.20 Å². The van der Waals surface area contributed by atoms with Crippen molar-refractivity contribution in [2.75, 3.05) is 6.61 Å². The Morgan fingerprint density at radius 3 is 2.89 bits per heavy atom. The number of amides is 1. The number of carbonyl (C=O) groups excluding carboxylic acids is 1. The van der Waals surface area contributed by atoms with Crippen LogP contribution in [0.15, 0.2) is 24.5 Å². The van der Waals surface area contributed by atoms with Crippen molar-refractivity contribution in [2.45, 2.75) is 50.8 Å². The Hall–Kier alpha value is -3.08. The van der Waals surface area contributed by atoms with Gasteiger partial charge in [0.25, 0.3) is 5.91 Å². The zero-order valence-electron chi connectivity index (χ0n) is 14.9. The van der Waals surface area contributed by atoms with E-state index in [-0.39, 0.29) is 18.1 Å². The van der Waals surface area contributed by atoms with Gasteiger partial charge in [-0.3, -0.25) is 4.79 Å². The topological polar surface area (TPSA) is 102 Å². The van der Waals surface area contributed by atoms with Gasteiger partial charge < -0.3 is 14.8 Å². The molecule has 4 rings (SSSR count). The number of nitrogens with zero attached hydrogens (tertiary/aromatic N) is 4. The molecule has 1 N–H and O–H groups in total. The molecule has 8 nitrogen and oxygen atoms in total. The smallest absolute Gasteiger partial charge is 0.258 e. The van der Waals surface area contributed by atoms with Crippen LogP contribution in [-0.2, 0) is 6.54 Å². The number of nitriles is 1. The predicted molar refractivity (Wildman–Crippen MR) is 95.4 cm³/mol. The summed E-state index contributed by atoms with van der Waals surface area (Å²) in [6.45, 7) is 1.41. The lowest BCUT2D eigenvalue weighted by atomic mass is 9.93. The van der Waals surface area contributed by atoms with Gasteiger partial charge in [-0.1, -0.05) is 0 Å². The molecule has 0 bridgehead atoms. The van der Waals surface area contributed by atoms with Crippen molar-refractivity contribution in [1.29, 1.82) is 5.26 Å². The maximum atomic E-state index is 12.6. The molecule has 1 aliphatic heterocycles. The van der Waals surface area contributed by atoms with E-state index in [1.54, 1.807) is 23.0 Å². The van der Waals surface area contributed by atoms with E-state index in [2.05, 4.69) is 15.4 Å². The van der Waals surface area contributed by atoms with E-state index < -0.39 is 0 Å². The summed E-state index contributed by atoms with van der Waals surface area (Å²) in [7, 11) is 0. The molecule has 0 radical (unpaired) electrons. The van der Waals surface area contributed by atoms with Gasteiger partial charge in [0.15, 0.2) is 0 Å². The van der Waals surface area contributed by atoms with Gasteiger partial charge in [0.2, 0.25) is 11.8 Å². The van der Waals surface area contributed by atoms with Crippen LogP contribution in [0.4, 0.5) is 0 Å². The fourth-order valence-electron chi connectivity index (χ4n) is 3.50. The molecule has 0 unspecified atom stereocenters. The first kappa shape index (κ1) is 17.3. The lowest BCUT2D eigenvalue weighted by Crippen LogP contribution is -2.39. The summed E-state index contributed by atoms with van der Waals surface area (Å²) in [5.74, 6) is 0.976. The Kier molecular flexibility index (Phi) is 4.92. The molecule has 1 aliphatic carbocycles. The summed E-state index contributed by atoms with van der Waals surface area (Å²) in [5.41, 5.74) is 1.02. The average molecular weight is 367 g/mol. The molecule has 140 valence electrons. The quantitative estimate of drug-likeness (QED) is 0.887. The van der Waals surface area contributed by atoms with Gasteiger partial charge in [0.05, 0.1) is 18.4 Å². The molecule has 27 heavy (non-hydrogen) atoms. The van der Waals surface area contributed by atoms with E-state index in [0.717, 1.165) is 38.6 Å². The van der Waals surface area contributed by atoms with Gasteiger partial charge >= 0.3 is 0 Å². The monoisotopic (exact) mass is 367 g/mol. The van der Waals surface area contributed by atoms with Crippen LogP contribution >= 0.6 is 0 Å². The van der Waals surface area contributed by atoms with Crippen molar-refractivity contribution >= 4 is 5.91 Å². The SMILES string of the molecule is N#Cc1ccc(OC2CCC(NC(=O)c3cnn4c3OCCC4)CC2)nc1. The van der Waals surface area contributed by atoms with Crippen LogP contribution < -0.4 is 14.8 Å². The lowest BCUT2D eigenvalue weighted by Gasteiger charge is -2.29. The van der Waals surface area contributed by atoms with E-state index in [0.29, 0.717) is 29.5 Å². The van der Waals surface area contributed by atoms with Gasteiger partial charge in [-0.15, -0.1) is 0 Å². The molecule has 3 heterocycles. The molecular formula is C19H21N5O3. The third-order valence-corrected chi connectivity index (χ3v) is 4.95. The third-order valence-electron chi connectivity index (χ3n) is 4.95. The molecule has 0 saturated heterocycles. The van der Waals surface area contributed by atoms with Crippen molar-refractivity contribution < 1.29 is 14.3 Å². The van der Waals surface area contributed by atoms with Gasteiger partial charge in [0, 0.05) is 31.3 Å². The van der Waals surface area contributed by atoms with E-state index in [1.807, 2.05) is 6.07 Å². The summed E-state index contributed by atoms with van der Waals surface area (Å²) in [6.07, 6.45) is 7.45. The number of aryl methyl sites for hydroxylation is 1. The highest BCUT2D eigenvalue weighted by atomic mass is 16.5. The summed E-state index contributed by atoms with van der Waals surface area (Å²) in [5, 5.41) is 16.1. The predicted octanol–water partition coefficient (Wildman–Crippen LogP) is 2.05. The second-order valence-corrected chi connectivity index (χ2v) is 6.85. The first-order chi connectivity index (χ1) is 13.2. The van der Waals surface area contributed by atoms with Crippen molar-refractivity contribution in [3.05, 3.63) is 35.7 Å². The molecule has 0 aromatic carbocycles. The van der Waals surface area contributed by atoms with E-state index >= 15 is 0 Å². The van der Waals surface area contributed by atoms with Crippen molar-refractivity contribution in [1.82, 2.24) is 20.1 Å². The molecule has 2 aliphatic rings.